The van der Waals surface area contributed by atoms with Crippen LogP contribution in [-0.4, -0.2) is 18.5 Å². The van der Waals surface area contributed by atoms with Crippen LogP contribution in [0, 0.1) is 11.3 Å². The zero-order valence-electron chi connectivity index (χ0n) is 14.1. The fourth-order valence-corrected chi connectivity index (χ4v) is 3.95. The van der Waals surface area contributed by atoms with E-state index >= 15 is 0 Å². The number of esters is 2. The average Bonchev–Trinajstić information content (AvgIpc) is 3.22. The Morgan fingerprint density at radius 3 is 2.92 bits per heavy atom. The number of carbonyl (C=O) groups is 2. The molecule has 3 aliphatic rings. The second kappa shape index (κ2) is 6.06. The van der Waals surface area contributed by atoms with Gasteiger partial charge in [-0.15, -0.1) is 0 Å². The molecule has 3 atom stereocenters. The summed E-state index contributed by atoms with van der Waals surface area (Å²) in [4.78, 5) is 24.7. The summed E-state index contributed by atoms with van der Waals surface area (Å²) in [6, 6.07) is 1.83. The van der Waals surface area contributed by atoms with E-state index in [1.54, 1.807) is 12.5 Å². The monoisotopic (exact) mass is 340 g/mol. The quantitative estimate of drug-likeness (QED) is 0.730. The van der Waals surface area contributed by atoms with Crippen LogP contribution in [0.15, 0.2) is 58.5 Å². The van der Waals surface area contributed by atoms with Crippen LogP contribution in [-0.2, 0) is 19.1 Å². The number of carbonyl (C=O) groups excluding carboxylic acids is 2. The van der Waals surface area contributed by atoms with Gasteiger partial charge in [-0.2, -0.15) is 0 Å². The van der Waals surface area contributed by atoms with Crippen LogP contribution in [0.25, 0.3) is 0 Å². The lowest BCUT2D eigenvalue weighted by molar-refractivity contribution is -0.170. The van der Waals surface area contributed by atoms with Crippen molar-refractivity contribution in [3.05, 3.63) is 59.6 Å². The van der Waals surface area contributed by atoms with Crippen LogP contribution in [0.2, 0.25) is 0 Å². The van der Waals surface area contributed by atoms with E-state index in [-0.39, 0.29) is 29.4 Å². The van der Waals surface area contributed by atoms with Gasteiger partial charge in [0.2, 0.25) is 0 Å². The Hall–Kier alpha value is -2.56. The number of cyclic esters (lactones) is 2. The molecule has 4 rings (SSSR count). The third kappa shape index (κ3) is 2.84. The number of rotatable bonds is 1. The first-order chi connectivity index (χ1) is 12.1. The molecule has 1 saturated heterocycles. The first-order valence-electron chi connectivity index (χ1n) is 8.54. The Bertz CT molecular complexity index is 783. The third-order valence-corrected chi connectivity index (χ3v) is 5.44. The maximum atomic E-state index is 12.7. The summed E-state index contributed by atoms with van der Waals surface area (Å²) in [5.41, 5.74) is 2.11. The Balaban J connectivity index is 1.65. The first-order valence-corrected chi connectivity index (χ1v) is 8.54. The van der Waals surface area contributed by atoms with Crippen LogP contribution in [0.5, 0.6) is 0 Å². The van der Waals surface area contributed by atoms with Crippen LogP contribution in [0.3, 0.4) is 0 Å². The van der Waals surface area contributed by atoms with Crippen molar-refractivity contribution in [1.29, 1.82) is 0 Å². The molecule has 5 nitrogen and oxygen atoms in total. The number of furan rings is 1. The molecular formula is C20H20O5. The first kappa shape index (κ1) is 15.9. The normalized spacial score (nSPS) is 34.6. The van der Waals surface area contributed by atoms with Gasteiger partial charge in [-0.3, -0.25) is 4.79 Å². The van der Waals surface area contributed by atoms with E-state index in [9.17, 15) is 9.59 Å². The molecule has 0 bridgehead atoms. The highest BCUT2D eigenvalue weighted by molar-refractivity contribution is 5.92. The van der Waals surface area contributed by atoms with Crippen molar-refractivity contribution in [2.75, 3.05) is 6.61 Å². The lowest BCUT2D eigenvalue weighted by Crippen LogP contribution is -2.41. The summed E-state index contributed by atoms with van der Waals surface area (Å²) >= 11 is 0. The highest BCUT2D eigenvalue weighted by Crippen LogP contribution is 2.48. The van der Waals surface area contributed by atoms with E-state index < -0.39 is 0 Å². The third-order valence-electron chi connectivity index (χ3n) is 5.44. The molecule has 130 valence electrons. The summed E-state index contributed by atoms with van der Waals surface area (Å²) in [6.45, 7) is 2.40. The molecule has 0 saturated carbocycles. The van der Waals surface area contributed by atoms with Crippen LogP contribution in [0.4, 0.5) is 0 Å². The van der Waals surface area contributed by atoms with Gasteiger partial charge in [0.1, 0.15) is 12.7 Å². The molecule has 25 heavy (non-hydrogen) atoms. The molecule has 0 spiro atoms. The van der Waals surface area contributed by atoms with Gasteiger partial charge in [-0.25, -0.2) is 4.79 Å². The van der Waals surface area contributed by atoms with Gasteiger partial charge < -0.3 is 13.9 Å². The van der Waals surface area contributed by atoms with Crippen molar-refractivity contribution >= 4 is 11.9 Å². The van der Waals surface area contributed by atoms with Crippen molar-refractivity contribution in [2.24, 2.45) is 11.3 Å². The maximum Gasteiger partial charge on any atom is 0.334 e. The van der Waals surface area contributed by atoms with Gasteiger partial charge in [0.15, 0.2) is 0 Å². The van der Waals surface area contributed by atoms with Crippen LogP contribution in [0.1, 0.15) is 37.9 Å². The second-order valence-electron chi connectivity index (χ2n) is 7.08. The van der Waals surface area contributed by atoms with E-state index in [0.717, 1.165) is 11.1 Å². The van der Waals surface area contributed by atoms with Crippen molar-refractivity contribution in [1.82, 2.24) is 0 Å². The SMILES string of the molecule is C[C@]12/C=C\C=C\C3=C(CC[C@@H]1C(=O)OC(c1ccoc1)C2)C(=O)OC3. The van der Waals surface area contributed by atoms with Crippen LogP contribution >= 0.6 is 0 Å². The van der Waals surface area contributed by atoms with E-state index in [0.29, 0.717) is 31.4 Å². The largest absolute Gasteiger partial charge is 0.472 e. The zero-order valence-corrected chi connectivity index (χ0v) is 14.1. The lowest BCUT2D eigenvalue weighted by atomic mass is 9.68. The molecule has 2 aliphatic heterocycles. The Morgan fingerprint density at radius 1 is 1.24 bits per heavy atom. The number of fused-ring (bicyclic) bond motifs is 1. The smallest absolute Gasteiger partial charge is 0.334 e. The minimum atomic E-state index is -0.345. The molecule has 1 aliphatic carbocycles. The lowest BCUT2D eigenvalue weighted by Gasteiger charge is -2.41. The fraction of sp³-hybridized carbons (Fsp3) is 0.400. The number of hydrogen-bond donors (Lipinski definition) is 0. The summed E-state index contributed by atoms with van der Waals surface area (Å²) in [6.07, 6.45) is 12.6. The van der Waals surface area contributed by atoms with Gasteiger partial charge in [-0.1, -0.05) is 31.2 Å². The van der Waals surface area contributed by atoms with Crippen LogP contribution < -0.4 is 0 Å². The Morgan fingerprint density at radius 2 is 2.12 bits per heavy atom. The molecule has 1 fully saturated rings. The summed E-state index contributed by atoms with van der Waals surface area (Å²) in [7, 11) is 0. The Labute approximate surface area is 146 Å². The topological polar surface area (TPSA) is 65.7 Å². The van der Waals surface area contributed by atoms with E-state index in [2.05, 4.69) is 13.0 Å². The minimum absolute atomic E-state index is 0.220. The van der Waals surface area contributed by atoms with Crippen molar-refractivity contribution < 1.29 is 23.5 Å². The highest BCUT2D eigenvalue weighted by atomic mass is 16.5. The standard InChI is InChI=1S/C20H20O5/c1-20-8-3-2-4-13-12-24-18(21)15(13)5-6-16(20)19(22)25-17(10-20)14-7-9-23-11-14/h2-4,7-9,11,16-17H,5-6,10,12H2,1H3/b4-2+,8-3-/t16-,17?,20-/m1/s1. The van der Waals surface area contributed by atoms with Gasteiger partial charge in [0, 0.05) is 16.6 Å². The van der Waals surface area contributed by atoms with Gasteiger partial charge in [-0.05, 0) is 30.9 Å². The number of allylic oxidation sites excluding steroid dienone is 3. The molecule has 1 aromatic rings. The van der Waals surface area contributed by atoms with E-state index in [4.69, 9.17) is 13.9 Å². The zero-order chi connectivity index (χ0) is 17.4. The van der Waals surface area contributed by atoms with Crippen molar-refractivity contribution in [3.8, 4) is 0 Å². The fourth-order valence-electron chi connectivity index (χ4n) is 3.95. The average molecular weight is 340 g/mol. The molecule has 3 heterocycles. The molecule has 1 unspecified atom stereocenters. The maximum absolute atomic E-state index is 12.7. The summed E-state index contributed by atoms with van der Waals surface area (Å²) in [5, 5.41) is 0. The molecule has 0 aromatic carbocycles. The molecule has 0 amide bonds. The highest BCUT2D eigenvalue weighted by Gasteiger charge is 2.46. The number of hydrogen-bond acceptors (Lipinski definition) is 5. The van der Waals surface area contributed by atoms with Gasteiger partial charge >= 0.3 is 11.9 Å². The minimum Gasteiger partial charge on any atom is -0.472 e. The summed E-state index contributed by atoms with van der Waals surface area (Å²) < 4.78 is 16.0. The van der Waals surface area contributed by atoms with E-state index in [1.165, 1.54) is 0 Å². The van der Waals surface area contributed by atoms with Gasteiger partial charge in [0.05, 0.1) is 18.4 Å². The molecule has 5 heteroatoms. The Kier molecular flexibility index (Phi) is 3.86. The number of ether oxygens (including phenoxy) is 2. The molecule has 1 aromatic heterocycles. The molecule has 0 radical (unpaired) electrons. The van der Waals surface area contributed by atoms with Gasteiger partial charge in [0.25, 0.3) is 0 Å². The van der Waals surface area contributed by atoms with Crippen molar-refractivity contribution in [3.63, 3.8) is 0 Å². The predicted octanol–water partition coefficient (Wildman–Crippen LogP) is 3.65. The van der Waals surface area contributed by atoms with E-state index in [1.807, 2.05) is 24.3 Å². The molecular weight excluding hydrogens is 320 g/mol. The predicted molar refractivity (Wildman–Crippen MR) is 89.3 cm³/mol. The second-order valence-corrected chi connectivity index (χ2v) is 7.08. The van der Waals surface area contributed by atoms with Crippen molar-refractivity contribution in [2.45, 2.75) is 32.3 Å². The summed E-state index contributed by atoms with van der Waals surface area (Å²) in [5.74, 6) is -0.783. The molecule has 0 N–H and O–H groups in total.